The largest absolute Gasteiger partial charge is 0.350 e. The minimum absolute atomic E-state index is 0.0729. The first-order valence-electron chi connectivity index (χ1n) is 10.6. The predicted molar refractivity (Wildman–Crippen MR) is 108 cm³/mol. The number of nitrogens with one attached hydrogen (secondary N) is 1. The first kappa shape index (κ1) is 20.6. The zero-order valence-corrected chi connectivity index (χ0v) is 17.2. The van der Waals surface area contributed by atoms with Crippen molar-refractivity contribution in [3.8, 4) is 0 Å². The van der Waals surface area contributed by atoms with E-state index in [1.807, 2.05) is 6.92 Å². The SMILES string of the molecule is CC(C)Cc1ccc([C@H](C)NC(=O)CCN2C(=O)[C@H]3CCCC[C@@H]3C2=O)cc1. The molecule has 1 aromatic rings. The normalized spacial score (nSPS) is 23.1. The third kappa shape index (κ3) is 4.62. The first-order chi connectivity index (χ1) is 13.4. The number of likely N-dealkylation sites (tertiary alicyclic amines) is 1. The van der Waals surface area contributed by atoms with E-state index in [0.29, 0.717) is 5.92 Å². The van der Waals surface area contributed by atoms with Gasteiger partial charge in [0.1, 0.15) is 0 Å². The van der Waals surface area contributed by atoms with E-state index in [-0.39, 0.29) is 48.6 Å². The molecule has 1 heterocycles. The van der Waals surface area contributed by atoms with E-state index >= 15 is 0 Å². The second-order valence-corrected chi connectivity index (χ2v) is 8.70. The summed E-state index contributed by atoms with van der Waals surface area (Å²) in [5.41, 5.74) is 2.35. The summed E-state index contributed by atoms with van der Waals surface area (Å²) in [6, 6.07) is 8.23. The Balaban J connectivity index is 1.50. The van der Waals surface area contributed by atoms with E-state index in [2.05, 4.69) is 43.4 Å². The summed E-state index contributed by atoms with van der Waals surface area (Å²) in [4.78, 5) is 38.7. The van der Waals surface area contributed by atoms with Crippen molar-refractivity contribution in [1.82, 2.24) is 10.2 Å². The molecule has 5 heteroatoms. The minimum Gasteiger partial charge on any atom is -0.350 e. The van der Waals surface area contributed by atoms with Gasteiger partial charge in [0, 0.05) is 13.0 Å². The number of carbonyl (C=O) groups is 3. The van der Waals surface area contributed by atoms with E-state index in [1.54, 1.807) is 0 Å². The van der Waals surface area contributed by atoms with Crippen LogP contribution in [0.1, 0.15) is 70.0 Å². The Kier molecular flexibility index (Phi) is 6.53. The van der Waals surface area contributed by atoms with Gasteiger partial charge in [0.05, 0.1) is 17.9 Å². The maximum atomic E-state index is 12.5. The van der Waals surface area contributed by atoms with E-state index in [9.17, 15) is 14.4 Å². The number of carbonyl (C=O) groups excluding carboxylic acids is 3. The van der Waals surface area contributed by atoms with E-state index in [1.165, 1.54) is 10.5 Å². The number of rotatable bonds is 7. The van der Waals surface area contributed by atoms with Crippen LogP contribution in [0.5, 0.6) is 0 Å². The molecule has 0 unspecified atom stereocenters. The van der Waals surface area contributed by atoms with Gasteiger partial charge in [-0.3, -0.25) is 19.3 Å². The van der Waals surface area contributed by atoms with Gasteiger partial charge in [0.2, 0.25) is 17.7 Å². The van der Waals surface area contributed by atoms with Crippen LogP contribution in [0.4, 0.5) is 0 Å². The Hall–Kier alpha value is -2.17. The first-order valence-corrected chi connectivity index (χ1v) is 10.6. The smallest absolute Gasteiger partial charge is 0.233 e. The third-order valence-electron chi connectivity index (χ3n) is 6.00. The summed E-state index contributed by atoms with van der Waals surface area (Å²) in [5.74, 6) is 0.0461. The summed E-state index contributed by atoms with van der Waals surface area (Å²) in [6.07, 6.45) is 4.85. The fraction of sp³-hybridized carbons (Fsp3) is 0.609. The highest BCUT2D eigenvalue weighted by Crippen LogP contribution is 2.37. The molecule has 0 spiro atoms. The molecule has 1 N–H and O–H groups in total. The summed E-state index contributed by atoms with van der Waals surface area (Å²) in [5, 5.41) is 2.98. The van der Waals surface area contributed by atoms with Crippen molar-refractivity contribution >= 4 is 17.7 Å². The van der Waals surface area contributed by atoms with Crippen LogP contribution in [0.3, 0.4) is 0 Å². The molecule has 3 rings (SSSR count). The van der Waals surface area contributed by atoms with Crippen LogP contribution in [-0.2, 0) is 20.8 Å². The van der Waals surface area contributed by atoms with Gasteiger partial charge in [0.25, 0.3) is 0 Å². The van der Waals surface area contributed by atoms with Crippen molar-refractivity contribution in [3.05, 3.63) is 35.4 Å². The van der Waals surface area contributed by atoms with Crippen LogP contribution in [0.25, 0.3) is 0 Å². The fourth-order valence-corrected chi connectivity index (χ4v) is 4.48. The Morgan fingerprint density at radius 3 is 2.14 bits per heavy atom. The molecule has 1 aliphatic carbocycles. The molecule has 28 heavy (non-hydrogen) atoms. The average Bonchev–Trinajstić information content (AvgIpc) is 2.91. The molecule has 0 aromatic heterocycles. The molecule has 1 aliphatic heterocycles. The number of imide groups is 1. The Morgan fingerprint density at radius 2 is 1.61 bits per heavy atom. The number of fused-ring (bicyclic) bond motifs is 1. The van der Waals surface area contributed by atoms with Crippen molar-refractivity contribution in [3.63, 3.8) is 0 Å². The van der Waals surface area contributed by atoms with E-state index in [0.717, 1.165) is 37.7 Å². The zero-order chi connectivity index (χ0) is 20.3. The van der Waals surface area contributed by atoms with Gasteiger partial charge in [-0.1, -0.05) is 51.0 Å². The van der Waals surface area contributed by atoms with Gasteiger partial charge < -0.3 is 5.32 Å². The number of hydrogen-bond acceptors (Lipinski definition) is 3. The minimum atomic E-state index is -0.146. The van der Waals surface area contributed by atoms with Crippen LogP contribution < -0.4 is 5.32 Å². The summed E-state index contributed by atoms with van der Waals surface area (Å²) >= 11 is 0. The second kappa shape index (κ2) is 8.89. The molecule has 3 atom stereocenters. The average molecular weight is 385 g/mol. The highest BCUT2D eigenvalue weighted by atomic mass is 16.2. The Labute approximate surface area is 167 Å². The molecule has 1 saturated carbocycles. The molecular formula is C23H32N2O3. The van der Waals surface area contributed by atoms with Crippen LogP contribution in [0, 0.1) is 17.8 Å². The molecule has 3 amide bonds. The Bertz CT molecular complexity index is 702. The maximum absolute atomic E-state index is 12.5. The van der Waals surface area contributed by atoms with Crippen molar-refractivity contribution in [2.45, 2.75) is 65.3 Å². The number of amides is 3. The summed E-state index contributed by atoms with van der Waals surface area (Å²) in [7, 11) is 0. The van der Waals surface area contributed by atoms with Crippen molar-refractivity contribution < 1.29 is 14.4 Å². The van der Waals surface area contributed by atoms with Gasteiger partial charge in [-0.05, 0) is 43.2 Å². The molecule has 0 radical (unpaired) electrons. The maximum Gasteiger partial charge on any atom is 0.233 e. The molecule has 1 saturated heterocycles. The van der Waals surface area contributed by atoms with Gasteiger partial charge in [-0.15, -0.1) is 0 Å². The van der Waals surface area contributed by atoms with E-state index < -0.39 is 0 Å². The van der Waals surface area contributed by atoms with Gasteiger partial charge >= 0.3 is 0 Å². The summed E-state index contributed by atoms with van der Waals surface area (Å²) in [6.45, 7) is 6.54. The lowest BCUT2D eigenvalue weighted by atomic mass is 9.81. The fourth-order valence-electron chi connectivity index (χ4n) is 4.48. The topological polar surface area (TPSA) is 66.5 Å². The predicted octanol–water partition coefficient (Wildman–Crippen LogP) is 3.63. The van der Waals surface area contributed by atoms with Crippen molar-refractivity contribution in [1.29, 1.82) is 0 Å². The molecule has 2 fully saturated rings. The van der Waals surface area contributed by atoms with E-state index in [4.69, 9.17) is 0 Å². The van der Waals surface area contributed by atoms with Crippen LogP contribution >= 0.6 is 0 Å². The molecule has 2 aliphatic rings. The van der Waals surface area contributed by atoms with Gasteiger partial charge in [0.15, 0.2) is 0 Å². The summed E-state index contributed by atoms with van der Waals surface area (Å²) < 4.78 is 0. The number of benzene rings is 1. The Morgan fingerprint density at radius 1 is 1.04 bits per heavy atom. The lowest BCUT2D eigenvalue weighted by Gasteiger charge is -2.19. The monoisotopic (exact) mass is 384 g/mol. The lowest BCUT2D eigenvalue weighted by Crippen LogP contribution is -2.36. The van der Waals surface area contributed by atoms with Crippen LogP contribution in [0.15, 0.2) is 24.3 Å². The molecule has 5 nitrogen and oxygen atoms in total. The number of hydrogen-bond donors (Lipinski definition) is 1. The zero-order valence-electron chi connectivity index (χ0n) is 17.2. The molecular weight excluding hydrogens is 352 g/mol. The van der Waals surface area contributed by atoms with Crippen molar-refractivity contribution in [2.24, 2.45) is 17.8 Å². The highest BCUT2D eigenvalue weighted by molar-refractivity contribution is 6.05. The molecule has 0 bridgehead atoms. The van der Waals surface area contributed by atoms with Crippen LogP contribution in [-0.4, -0.2) is 29.2 Å². The van der Waals surface area contributed by atoms with Crippen LogP contribution in [0.2, 0.25) is 0 Å². The highest BCUT2D eigenvalue weighted by Gasteiger charge is 2.47. The van der Waals surface area contributed by atoms with Gasteiger partial charge in [-0.2, -0.15) is 0 Å². The standard InChI is InChI=1S/C23H32N2O3/c1-15(2)14-17-8-10-18(11-9-17)16(3)24-21(26)12-13-25-22(27)19-6-4-5-7-20(19)23(25)28/h8-11,15-16,19-20H,4-7,12-14H2,1-3H3,(H,24,26)/t16-,19-,20-/m0/s1. The molecule has 152 valence electrons. The number of nitrogens with zero attached hydrogens (tertiary/aromatic N) is 1. The quantitative estimate of drug-likeness (QED) is 0.730. The lowest BCUT2D eigenvalue weighted by molar-refractivity contribution is -0.140. The van der Waals surface area contributed by atoms with Gasteiger partial charge in [-0.25, -0.2) is 0 Å². The third-order valence-corrected chi connectivity index (χ3v) is 6.00. The molecule has 1 aromatic carbocycles. The van der Waals surface area contributed by atoms with Crippen molar-refractivity contribution in [2.75, 3.05) is 6.54 Å². The second-order valence-electron chi connectivity index (χ2n) is 8.70.